The molecule has 0 unspecified atom stereocenters. The van der Waals surface area contributed by atoms with Gasteiger partial charge < -0.3 is 5.32 Å². The Morgan fingerprint density at radius 2 is 2.00 bits per heavy atom. The Balaban J connectivity index is 2.01. The van der Waals surface area contributed by atoms with Gasteiger partial charge >= 0.3 is 0 Å². The molecule has 21 heavy (non-hydrogen) atoms. The molecule has 2 aromatic rings. The van der Waals surface area contributed by atoms with Gasteiger partial charge in [-0.3, -0.25) is 0 Å². The molecule has 0 spiro atoms. The average Bonchev–Trinajstić information content (AvgIpc) is 2.41. The maximum Gasteiger partial charge on any atom is 0.192 e. The number of aromatic nitrogens is 2. The fourth-order valence-corrected chi connectivity index (χ4v) is 2.89. The fourth-order valence-electron chi connectivity index (χ4n) is 2.01. The number of aryl methyl sites for hydroxylation is 2. The Labute approximate surface area is 131 Å². The predicted octanol–water partition coefficient (Wildman–Crippen LogP) is 3.99. The van der Waals surface area contributed by atoms with Crippen LogP contribution in [-0.2, 0) is 6.54 Å². The summed E-state index contributed by atoms with van der Waals surface area (Å²) in [4.78, 5) is 9.91. The lowest BCUT2D eigenvalue weighted by Crippen LogP contribution is -2.19. The first-order valence-corrected chi connectivity index (χ1v) is 8.14. The predicted molar refractivity (Wildman–Crippen MR) is 88.6 cm³/mol. The summed E-state index contributed by atoms with van der Waals surface area (Å²) in [6.07, 6.45) is 1.81. The minimum atomic E-state index is 0.679. The van der Waals surface area contributed by atoms with Gasteiger partial charge in [0.05, 0.1) is 0 Å². The molecule has 4 heteroatoms. The molecule has 0 saturated carbocycles. The standard InChI is InChI=1S/C17H23N3S/c1-12(2)10-18-11-15-5-6-16(9-13(15)3)21-17-19-8-7-14(4)20-17/h5-9,12,18H,10-11H2,1-4H3. The molecule has 0 aliphatic heterocycles. The van der Waals surface area contributed by atoms with Gasteiger partial charge in [0.25, 0.3) is 0 Å². The van der Waals surface area contributed by atoms with E-state index in [1.165, 1.54) is 16.0 Å². The van der Waals surface area contributed by atoms with Crippen LogP contribution in [0.25, 0.3) is 0 Å². The first kappa shape index (κ1) is 16.0. The normalized spacial score (nSPS) is 11.1. The van der Waals surface area contributed by atoms with E-state index in [4.69, 9.17) is 0 Å². The zero-order valence-corrected chi connectivity index (χ0v) is 14.0. The van der Waals surface area contributed by atoms with Crippen LogP contribution in [0.15, 0.2) is 40.5 Å². The van der Waals surface area contributed by atoms with E-state index < -0.39 is 0 Å². The quantitative estimate of drug-likeness (QED) is 0.819. The molecule has 0 amide bonds. The molecular formula is C17H23N3S. The van der Waals surface area contributed by atoms with Crippen LogP contribution in [0, 0.1) is 19.8 Å². The van der Waals surface area contributed by atoms with E-state index in [9.17, 15) is 0 Å². The van der Waals surface area contributed by atoms with Crippen molar-refractivity contribution in [3.8, 4) is 0 Å². The van der Waals surface area contributed by atoms with E-state index in [1.807, 2.05) is 19.2 Å². The second-order valence-corrected chi connectivity index (χ2v) is 6.74. The van der Waals surface area contributed by atoms with Crippen LogP contribution in [0.1, 0.15) is 30.7 Å². The van der Waals surface area contributed by atoms with Crippen molar-refractivity contribution in [3.05, 3.63) is 47.3 Å². The van der Waals surface area contributed by atoms with Crippen molar-refractivity contribution in [2.75, 3.05) is 6.54 Å². The topological polar surface area (TPSA) is 37.8 Å². The van der Waals surface area contributed by atoms with Crippen LogP contribution in [0.2, 0.25) is 0 Å². The molecule has 0 radical (unpaired) electrons. The van der Waals surface area contributed by atoms with Gasteiger partial charge in [0.2, 0.25) is 0 Å². The van der Waals surface area contributed by atoms with Crippen LogP contribution < -0.4 is 5.32 Å². The van der Waals surface area contributed by atoms with Crippen molar-refractivity contribution in [1.82, 2.24) is 15.3 Å². The van der Waals surface area contributed by atoms with Gasteiger partial charge in [0.1, 0.15) is 0 Å². The van der Waals surface area contributed by atoms with Gasteiger partial charge in [-0.15, -0.1) is 0 Å². The summed E-state index contributed by atoms with van der Waals surface area (Å²) < 4.78 is 0. The summed E-state index contributed by atoms with van der Waals surface area (Å²) in [6, 6.07) is 8.47. The monoisotopic (exact) mass is 301 g/mol. The van der Waals surface area contributed by atoms with Crippen LogP contribution in [0.4, 0.5) is 0 Å². The zero-order chi connectivity index (χ0) is 15.2. The molecule has 0 atom stereocenters. The lowest BCUT2D eigenvalue weighted by molar-refractivity contribution is 0.551. The highest BCUT2D eigenvalue weighted by Gasteiger charge is 2.04. The van der Waals surface area contributed by atoms with E-state index in [0.29, 0.717) is 5.92 Å². The van der Waals surface area contributed by atoms with E-state index in [1.54, 1.807) is 11.8 Å². The molecule has 1 aromatic carbocycles. The van der Waals surface area contributed by atoms with E-state index in [0.717, 1.165) is 23.9 Å². The third-order valence-electron chi connectivity index (χ3n) is 3.16. The van der Waals surface area contributed by atoms with Crippen LogP contribution in [-0.4, -0.2) is 16.5 Å². The number of rotatable bonds is 6. The van der Waals surface area contributed by atoms with Gasteiger partial charge in [-0.1, -0.05) is 19.9 Å². The van der Waals surface area contributed by atoms with E-state index >= 15 is 0 Å². The largest absolute Gasteiger partial charge is 0.312 e. The maximum absolute atomic E-state index is 4.43. The molecule has 112 valence electrons. The summed E-state index contributed by atoms with van der Waals surface area (Å²) in [5.74, 6) is 0.679. The number of hydrogen-bond donors (Lipinski definition) is 1. The Bertz CT molecular complexity index is 596. The Kier molecular flexibility index (Phi) is 5.76. The van der Waals surface area contributed by atoms with Crippen molar-refractivity contribution < 1.29 is 0 Å². The van der Waals surface area contributed by atoms with Crippen molar-refractivity contribution >= 4 is 11.8 Å². The van der Waals surface area contributed by atoms with Crippen molar-refractivity contribution in [1.29, 1.82) is 0 Å². The Morgan fingerprint density at radius 1 is 1.19 bits per heavy atom. The minimum absolute atomic E-state index is 0.679. The molecular weight excluding hydrogens is 278 g/mol. The summed E-state index contributed by atoms with van der Waals surface area (Å²) in [5.41, 5.74) is 3.66. The highest BCUT2D eigenvalue weighted by molar-refractivity contribution is 7.99. The van der Waals surface area contributed by atoms with E-state index in [-0.39, 0.29) is 0 Å². The van der Waals surface area contributed by atoms with Crippen LogP contribution in [0.3, 0.4) is 0 Å². The molecule has 0 fully saturated rings. The number of nitrogens with one attached hydrogen (secondary N) is 1. The number of hydrogen-bond acceptors (Lipinski definition) is 4. The van der Waals surface area contributed by atoms with Crippen molar-refractivity contribution in [2.45, 2.75) is 44.3 Å². The molecule has 1 aromatic heterocycles. The van der Waals surface area contributed by atoms with E-state index in [2.05, 4.69) is 54.3 Å². The molecule has 1 N–H and O–H groups in total. The minimum Gasteiger partial charge on any atom is -0.312 e. The first-order valence-electron chi connectivity index (χ1n) is 7.32. The smallest absolute Gasteiger partial charge is 0.192 e. The maximum atomic E-state index is 4.43. The molecule has 0 aliphatic carbocycles. The second-order valence-electron chi connectivity index (χ2n) is 5.70. The molecule has 0 bridgehead atoms. The summed E-state index contributed by atoms with van der Waals surface area (Å²) in [5, 5.41) is 4.29. The van der Waals surface area contributed by atoms with Crippen LogP contribution >= 0.6 is 11.8 Å². The Morgan fingerprint density at radius 3 is 2.67 bits per heavy atom. The zero-order valence-electron chi connectivity index (χ0n) is 13.2. The van der Waals surface area contributed by atoms with Crippen molar-refractivity contribution in [3.63, 3.8) is 0 Å². The molecule has 1 heterocycles. The van der Waals surface area contributed by atoms with Gasteiger partial charge in [-0.2, -0.15) is 0 Å². The molecule has 0 saturated heterocycles. The van der Waals surface area contributed by atoms with Crippen LogP contribution in [0.5, 0.6) is 0 Å². The number of nitrogens with zero attached hydrogens (tertiary/aromatic N) is 2. The van der Waals surface area contributed by atoms with Gasteiger partial charge in [0.15, 0.2) is 5.16 Å². The molecule has 0 aliphatic rings. The second kappa shape index (κ2) is 7.57. The summed E-state index contributed by atoms with van der Waals surface area (Å²) in [7, 11) is 0. The number of benzene rings is 1. The van der Waals surface area contributed by atoms with Gasteiger partial charge in [0, 0.05) is 23.3 Å². The molecule has 3 nitrogen and oxygen atoms in total. The fraction of sp³-hybridized carbons (Fsp3) is 0.412. The average molecular weight is 301 g/mol. The Hall–Kier alpha value is -1.39. The van der Waals surface area contributed by atoms with Crippen molar-refractivity contribution in [2.24, 2.45) is 5.92 Å². The SMILES string of the molecule is Cc1ccnc(Sc2ccc(CNCC(C)C)c(C)c2)n1. The van der Waals surface area contributed by atoms with Gasteiger partial charge in [-0.25, -0.2) is 9.97 Å². The first-order chi connectivity index (χ1) is 10.0. The third-order valence-corrected chi connectivity index (χ3v) is 4.03. The highest BCUT2D eigenvalue weighted by atomic mass is 32.2. The van der Waals surface area contributed by atoms with Gasteiger partial charge in [-0.05, 0) is 67.4 Å². The lowest BCUT2D eigenvalue weighted by atomic mass is 10.1. The highest BCUT2D eigenvalue weighted by Crippen LogP contribution is 2.26. The summed E-state index contributed by atoms with van der Waals surface area (Å²) >= 11 is 1.61. The summed E-state index contributed by atoms with van der Waals surface area (Å²) in [6.45, 7) is 10.6. The lowest BCUT2D eigenvalue weighted by Gasteiger charge is -2.11. The third kappa shape index (κ3) is 5.14. The molecule has 2 rings (SSSR count).